The van der Waals surface area contributed by atoms with E-state index in [1.807, 2.05) is 49.4 Å². The van der Waals surface area contributed by atoms with Crippen LogP contribution in [0.15, 0.2) is 53.3 Å². The zero-order chi connectivity index (χ0) is 21.7. The van der Waals surface area contributed by atoms with E-state index < -0.39 is 5.92 Å². The van der Waals surface area contributed by atoms with Gasteiger partial charge in [-0.05, 0) is 37.1 Å². The van der Waals surface area contributed by atoms with Crippen molar-refractivity contribution in [2.75, 3.05) is 4.90 Å². The number of H-pyrrole nitrogens is 1. The summed E-state index contributed by atoms with van der Waals surface area (Å²) < 4.78 is 2.34. The fourth-order valence-corrected chi connectivity index (χ4v) is 5.12. The molecule has 8 heteroatoms. The largest absolute Gasteiger partial charge is 0.293 e. The average Bonchev–Trinajstić information content (AvgIpc) is 3.41. The Labute approximate surface area is 181 Å². The normalized spacial score (nSPS) is 16.6. The molecule has 0 radical (unpaired) electrons. The Morgan fingerprint density at radius 3 is 2.61 bits per heavy atom. The minimum atomic E-state index is -0.809. The van der Waals surface area contributed by atoms with Crippen LogP contribution in [0.4, 0.5) is 5.69 Å². The molecule has 4 aromatic rings. The van der Waals surface area contributed by atoms with Crippen molar-refractivity contribution >= 4 is 39.1 Å². The first-order chi connectivity index (χ1) is 15.0. The SMILES string of the molecule is CCc1ccccc1N1C(=O)C[C@H](c2c(C)[nH]n(-c3nc4ccccc4s3)c2=O)C1=O. The number of hydrogen-bond donors (Lipinski definition) is 1. The number of hydrogen-bond acceptors (Lipinski definition) is 5. The lowest BCUT2D eigenvalue weighted by atomic mass is 9.98. The molecule has 0 bridgehead atoms. The smallest absolute Gasteiger partial charge is 0.277 e. The molecule has 2 aromatic heterocycles. The Morgan fingerprint density at radius 1 is 1.10 bits per heavy atom. The molecule has 0 unspecified atom stereocenters. The standard InChI is InChI=1S/C23H20N4O3S/c1-3-14-8-4-6-10-17(14)26-19(28)12-15(21(26)29)20-13(2)25-27(22(20)30)23-24-16-9-5-7-11-18(16)31-23/h4-11,15,25H,3,12H2,1-2H3/t15-/m1/s1. The van der Waals surface area contributed by atoms with Crippen LogP contribution >= 0.6 is 11.3 Å². The van der Waals surface area contributed by atoms with Gasteiger partial charge in [0.15, 0.2) is 0 Å². The van der Waals surface area contributed by atoms with Crippen LogP contribution in [0.3, 0.4) is 0 Å². The van der Waals surface area contributed by atoms with Gasteiger partial charge in [-0.2, -0.15) is 4.68 Å². The number of rotatable bonds is 4. The molecule has 1 fully saturated rings. The molecule has 1 saturated heterocycles. The van der Waals surface area contributed by atoms with Crippen molar-refractivity contribution in [2.45, 2.75) is 32.6 Å². The summed E-state index contributed by atoms with van der Waals surface area (Å²) in [7, 11) is 0. The van der Waals surface area contributed by atoms with Gasteiger partial charge in [0.25, 0.3) is 5.56 Å². The number of amides is 2. The molecule has 2 amide bonds. The van der Waals surface area contributed by atoms with E-state index in [0.29, 0.717) is 28.5 Å². The number of imide groups is 1. The monoisotopic (exact) mass is 432 g/mol. The van der Waals surface area contributed by atoms with E-state index in [1.54, 1.807) is 13.0 Å². The van der Waals surface area contributed by atoms with Gasteiger partial charge in [0.05, 0.1) is 27.4 Å². The Hall–Kier alpha value is -3.52. The second-order valence-electron chi connectivity index (χ2n) is 7.56. The first-order valence-electron chi connectivity index (χ1n) is 10.1. The molecule has 0 aliphatic carbocycles. The second kappa shape index (κ2) is 7.31. The van der Waals surface area contributed by atoms with Crippen molar-refractivity contribution in [3.63, 3.8) is 0 Å². The minimum Gasteiger partial charge on any atom is -0.293 e. The number of nitrogens with one attached hydrogen (secondary N) is 1. The highest BCUT2D eigenvalue weighted by molar-refractivity contribution is 7.20. The van der Waals surface area contributed by atoms with Gasteiger partial charge in [0.2, 0.25) is 16.9 Å². The van der Waals surface area contributed by atoms with Crippen molar-refractivity contribution < 1.29 is 9.59 Å². The molecule has 5 rings (SSSR count). The molecule has 7 nitrogen and oxygen atoms in total. The number of thiazole rings is 1. The Kier molecular flexibility index (Phi) is 4.59. The Balaban J connectivity index is 1.56. The summed E-state index contributed by atoms with van der Waals surface area (Å²) >= 11 is 1.39. The molecule has 1 atom stereocenters. The predicted molar refractivity (Wildman–Crippen MR) is 120 cm³/mol. The van der Waals surface area contributed by atoms with Crippen LogP contribution in [0.5, 0.6) is 0 Å². The summed E-state index contributed by atoms with van der Waals surface area (Å²) in [6, 6.07) is 15.0. The third-order valence-corrected chi connectivity index (χ3v) is 6.72. The zero-order valence-electron chi connectivity index (χ0n) is 17.1. The maximum atomic E-state index is 13.3. The van der Waals surface area contributed by atoms with Crippen molar-refractivity contribution in [3.05, 3.63) is 75.7 Å². The van der Waals surface area contributed by atoms with Crippen LogP contribution in [-0.2, 0) is 16.0 Å². The minimum absolute atomic E-state index is 0.0232. The third-order valence-electron chi connectivity index (χ3n) is 5.70. The van der Waals surface area contributed by atoms with Gasteiger partial charge in [-0.1, -0.05) is 48.6 Å². The van der Waals surface area contributed by atoms with Gasteiger partial charge in [-0.3, -0.25) is 19.5 Å². The van der Waals surface area contributed by atoms with Crippen molar-refractivity contribution in [2.24, 2.45) is 0 Å². The van der Waals surface area contributed by atoms with Gasteiger partial charge in [-0.25, -0.2) is 9.88 Å². The lowest BCUT2D eigenvalue weighted by molar-refractivity contribution is -0.121. The number of anilines is 1. The van der Waals surface area contributed by atoms with Crippen molar-refractivity contribution in [1.29, 1.82) is 0 Å². The van der Waals surface area contributed by atoms with E-state index in [1.165, 1.54) is 20.9 Å². The number of aromatic nitrogens is 3. The quantitative estimate of drug-likeness (QED) is 0.498. The lowest BCUT2D eigenvalue weighted by Gasteiger charge is -2.18. The van der Waals surface area contributed by atoms with Gasteiger partial charge in [-0.15, -0.1) is 0 Å². The summed E-state index contributed by atoms with van der Waals surface area (Å²) in [5.41, 5.74) is 2.88. The number of aryl methyl sites for hydroxylation is 2. The van der Waals surface area contributed by atoms with Crippen LogP contribution in [0.1, 0.15) is 36.1 Å². The van der Waals surface area contributed by atoms with Gasteiger partial charge in [0, 0.05) is 12.1 Å². The fourth-order valence-electron chi connectivity index (χ4n) is 4.20. The maximum Gasteiger partial charge on any atom is 0.277 e. The highest BCUT2D eigenvalue weighted by Crippen LogP contribution is 2.35. The van der Waals surface area contributed by atoms with E-state index in [-0.39, 0.29) is 23.8 Å². The van der Waals surface area contributed by atoms with Crippen LogP contribution < -0.4 is 10.5 Å². The summed E-state index contributed by atoms with van der Waals surface area (Å²) in [6.45, 7) is 3.73. The molecule has 1 N–H and O–H groups in total. The maximum absolute atomic E-state index is 13.3. The molecule has 1 aliphatic heterocycles. The third kappa shape index (κ3) is 3.02. The van der Waals surface area contributed by atoms with Crippen LogP contribution in [0, 0.1) is 6.92 Å². The number of aromatic amines is 1. The van der Waals surface area contributed by atoms with Gasteiger partial charge >= 0.3 is 0 Å². The van der Waals surface area contributed by atoms with Crippen LogP contribution in [0.25, 0.3) is 15.3 Å². The number of fused-ring (bicyclic) bond motifs is 1. The van der Waals surface area contributed by atoms with Crippen molar-refractivity contribution in [3.8, 4) is 5.13 Å². The van der Waals surface area contributed by atoms with E-state index in [4.69, 9.17) is 0 Å². The molecule has 156 valence electrons. The first-order valence-corrected chi connectivity index (χ1v) is 10.9. The van der Waals surface area contributed by atoms with Gasteiger partial charge in [0.1, 0.15) is 0 Å². The molecule has 0 saturated carbocycles. The number of carbonyl (C=O) groups is 2. The molecule has 0 spiro atoms. The topological polar surface area (TPSA) is 88.1 Å². The average molecular weight is 433 g/mol. The van der Waals surface area contributed by atoms with E-state index >= 15 is 0 Å². The molecule has 3 heterocycles. The van der Waals surface area contributed by atoms with Crippen LogP contribution in [0.2, 0.25) is 0 Å². The van der Waals surface area contributed by atoms with E-state index in [2.05, 4.69) is 10.1 Å². The first kappa shape index (κ1) is 19.4. The van der Waals surface area contributed by atoms with Gasteiger partial charge < -0.3 is 0 Å². The summed E-state index contributed by atoms with van der Waals surface area (Å²) in [4.78, 5) is 45.2. The second-order valence-corrected chi connectivity index (χ2v) is 8.57. The van der Waals surface area contributed by atoms with E-state index in [0.717, 1.165) is 15.8 Å². The molecular weight excluding hydrogens is 412 g/mol. The highest BCUT2D eigenvalue weighted by atomic mass is 32.1. The number of para-hydroxylation sites is 2. The number of nitrogens with zero attached hydrogens (tertiary/aromatic N) is 3. The Bertz CT molecular complexity index is 1360. The number of carbonyl (C=O) groups excluding carboxylic acids is 2. The lowest BCUT2D eigenvalue weighted by Crippen LogP contribution is -2.32. The van der Waals surface area contributed by atoms with Crippen LogP contribution in [-0.4, -0.2) is 26.6 Å². The zero-order valence-corrected chi connectivity index (χ0v) is 17.9. The summed E-state index contributed by atoms with van der Waals surface area (Å²) in [5.74, 6) is -1.46. The van der Waals surface area contributed by atoms with Crippen molar-refractivity contribution in [1.82, 2.24) is 14.8 Å². The molecular formula is C23H20N4O3S. The van der Waals surface area contributed by atoms with E-state index in [9.17, 15) is 14.4 Å². The highest BCUT2D eigenvalue weighted by Gasteiger charge is 2.43. The molecule has 31 heavy (non-hydrogen) atoms. The summed E-state index contributed by atoms with van der Waals surface area (Å²) in [5, 5.41) is 3.55. The predicted octanol–water partition coefficient (Wildman–Crippen LogP) is 3.69. The fraction of sp³-hybridized carbons (Fsp3) is 0.217. The number of benzene rings is 2. The summed E-state index contributed by atoms with van der Waals surface area (Å²) in [6.07, 6.45) is 0.677. The Morgan fingerprint density at radius 2 is 1.84 bits per heavy atom. The molecule has 2 aromatic carbocycles. The molecule has 1 aliphatic rings.